The van der Waals surface area contributed by atoms with Gasteiger partial charge in [-0.25, -0.2) is 4.99 Å². The van der Waals surface area contributed by atoms with Crippen LogP contribution in [0, 0.1) is 17.2 Å². The molecule has 1 atom stereocenters. The topological polar surface area (TPSA) is 71.7 Å². The van der Waals surface area contributed by atoms with Crippen molar-refractivity contribution in [2.45, 2.75) is 44.6 Å². The largest absolute Gasteiger partial charge is 0.340 e. The summed E-state index contributed by atoms with van der Waals surface area (Å²) in [7, 11) is 0. The summed E-state index contributed by atoms with van der Waals surface area (Å²) in [6.07, 6.45) is 5.02. The van der Waals surface area contributed by atoms with Crippen LogP contribution in [0.4, 0.5) is 0 Å². The van der Waals surface area contributed by atoms with Crippen LogP contribution < -0.4 is 5.32 Å². The van der Waals surface area contributed by atoms with Gasteiger partial charge in [0.1, 0.15) is 0 Å². The van der Waals surface area contributed by atoms with Gasteiger partial charge < -0.3 is 9.80 Å². The first kappa shape index (κ1) is 15.3. The highest BCUT2D eigenvalue weighted by molar-refractivity contribution is 6.02. The molecule has 0 bridgehead atoms. The minimum atomic E-state index is -0.631. The van der Waals surface area contributed by atoms with Gasteiger partial charge in [-0.2, -0.15) is 5.26 Å². The fourth-order valence-corrected chi connectivity index (χ4v) is 3.90. The molecule has 2 fully saturated rings. The summed E-state index contributed by atoms with van der Waals surface area (Å²) >= 11 is 0. The first-order valence-corrected chi connectivity index (χ1v) is 8.46. The number of piperazine rings is 1. The molecule has 1 amide bonds. The van der Waals surface area contributed by atoms with Gasteiger partial charge in [0, 0.05) is 26.2 Å². The quantitative estimate of drug-likeness (QED) is 0.783. The third kappa shape index (κ3) is 2.70. The molecular weight excluding hydrogens is 278 g/mol. The van der Waals surface area contributed by atoms with E-state index in [1.807, 2.05) is 0 Å². The molecule has 0 aromatic rings. The van der Waals surface area contributed by atoms with E-state index in [-0.39, 0.29) is 5.91 Å². The van der Waals surface area contributed by atoms with E-state index < -0.39 is 11.5 Å². The van der Waals surface area contributed by atoms with Gasteiger partial charge in [-0.15, -0.1) is 0 Å². The second kappa shape index (κ2) is 6.25. The molecule has 1 N–H and O–H groups in total. The second-order valence-corrected chi connectivity index (χ2v) is 6.57. The van der Waals surface area contributed by atoms with Crippen molar-refractivity contribution in [2.24, 2.45) is 10.9 Å². The van der Waals surface area contributed by atoms with Crippen LogP contribution in [0.25, 0.3) is 0 Å². The van der Waals surface area contributed by atoms with Crippen molar-refractivity contribution < 1.29 is 4.79 Å². The Morgan fingerprint density at radius 2 is 1.95 bits per heavy atom. The minimum Gasteiger partial charge on any atom is -0.340 e. The Bertz CT molecular complexity index is 495. The number of amides is 1. The van der Waals surface area contributed by atoms with Gasteiger partial charge in [0.05, 0.1) is 11.6 Å². The maximum Gasteiger partial charge on any atom is 0.246 e. The van der Waals surface area contributed by atoms with Gasteiger partial charge in [-0.3, -0.25) is 10.1 Å². The number of carbonyl (C=O) groups is 1. The molecule has 1 saturated carbocycles. The number of guanidine groups is 1. The summed E-state index contributed by atoms with van der Waals surface area (Å²) in [5.41, 5.74) is -0.480. The summed E-state index contributed by atoms with van der Waals surface area (Å²) in [6.45, 7) is 7.01. The van der Waals surface area contributed by atoms with Crippen LogP contribution in [0.3, 0.4) is 0 Å². The maximum atomic E-state index is 12.4. The van der Waals surface area contributed by atoms with E-state index in [1.54, 1.807) is 0 Å². The van der Waals surface area contributed by atoms with E-state index in [1.165, 1.54) is 6.42 Å². The van der Waals surface area contributed by atoms with E-state index >= 15 is 0 Å². The van der Waals surface area contributed by atoms with Crippen LogP contribution in [0.1, 0.15) is 39.0 Å². The molecule has 1 aliphatic carbocycles. The Morgan fingerprint density at radius 3 is 2.55 bits per heavy atom. The van der Waals surface area contributed by atoms with E-state index in [4.69, 9.17) is 4.99 Å². The van der Waals surface area contributed by atoms with Crippen molar-refractivity contribution in [3.8, 4) is 6.07 Å². The van der Waals surface area contributed by atoms with Crippen molar-refractivity contribution in [3.05, 3.63) is 0 Å². The third-order valence-corrected chi connectivity index (χ3v) is 5.33. The zero-order valence-electron chi connectivity index (χ0n) is 13.3. The molecule has 2 heterocycles. The Labute approximate surface area is 132 Å². The highest BCUT2D eigenvalue weighted by atomic mass is 16.2. The Balaban J connectivity index is 1.82. The lowest BCUT2D eigenvalue weighted by Crippen LogP contribution is -2.60. The summed E-state index contributed by atoms with van der Waals surface area (Å²) in [5, 5.41) is 12.3. The molecule has 0 aromatic carbocycles. The van der Waals surface area contributed by atoms with E-state index in [9.17, 15) is 10.1 Å². The van der Waals surface area contributed by atoms with Crippen LogP contribution in [-0.2, 0) is 4.79 Å². The molecule has 2 aliphatic heterocycles. The van der Waals surface area contributed by atoms with Gasteiger partial charge in [-0.05, 0) is 19.4 Å². The van der Waals surface area contributed by atoms with Gasteiger partial charge in [0.25, 0.3) is 0 Å². The van der Waals surface area contributed by atoms with Crippen LogP contribution in [-0.4, -0.2) is 59.9 Å². The van der Waals surface area contributed by atoms with Crippen molar-refractivity contribution in [1.82, 2.24) is 15.1 Å². The van der Waals surface area contributed by atoms with Crippen molar-refractivity contribution in [3.63, 3.8) is 0 Å². The molecule has 1 saturated heterocycles. The number of hydrogen-bond donors (Lipinski definition) is 1. The number of aliphatic imine (C=N–C) groups is 1. The van der Waals surface area contributed by atoms with Crippen LogP contribution in [0.5, 0.6) is 0 Å². The number of nitriles is 1. The molecule has 3 rings (SSSR count). The second-order valence-electron chi connectivity index (χ2n) is 6.57. The van der Waals surface area contributed by atoms with Crippen LogP contribution >= 0.6 is 0 Å². The zero-order valence-corrected chi connectivity index (χ0v) is 13.3. The first-order valence-electron chi connectivity index (χ1n) is 8.46. The first-order chi connectivity index (χ1) is 10.7. The number of likely N-dealkylation sites (N-methyl/N-ethyl adjacent to an activating group) is 1. The van der Waals surface area contributed by atoms with E-state index in [2.05, 4.69) is 28.1 Å². The SMILES string of the molecule is CCN1CCN(C2=NC3(CCCCC3)C(C#N)C(=O)N2)CC1. The van der Waals surface area contributed by atoms with Crippen LogP contribution in [0.2, 0.25) is 0 Å². The number of nitrogens with zero attached hydrogens (tertiary/aromatic N) is 4. The average Bonchev–Trinajstić information content (AvgIpc) is 2.55. The van der Waals surface area contributed by atoms with Crippen LogP contribution in [0.15, 0.2) is 4.99 Å². The fraction of sp³-hybridized carbons (Fsp3) is 0.812. The lowest BCUT2D eigenvalue weighted by molar-refractivity contribution is -0.125. The average molecular weight is 303 g/mol. The lowest BCUT2D eigenvalue weighted by Gasteiger charge is -2.43. The smallest absolute Gasteiger partial charge is 0.246 e. The van der Waals surface area contributed by atoms with Gasteiger partial charge in [-0.1, -0.05) is 26.2 Å². The van der Waals surface area contributed by atoms with Gasteiger partial charge in [0.15, 0.2) is 5.92 Å². The fourth-order valence-electron chi connectivity index (χ4n) is 3.90. The molecule has 0 aromatic heterocycles. The van der Waals surface area contributed by atoms with Gasteiger partial charge in [0.2, 0.25) is 11.9 Å². The summed E-state index contributed by atoms with van der Waals surface area (Å²) in [5.74, 6) is -0.0880. The third-order valence-electron chi connectivity index (χ3n) is 5.33. The molecule has 6 nitrogen and oxygen atoms in total. The molecule has 120 valence electrons. The summed E-state index contributed by atoms with van der Waals surface area (Å²) in [4.78, 5) is 21.9. The van der Waals surface area contributed by atoms with E-state index in [0.29, 0.717) is 5.96 Å². The molecular formula is C16H25N5O. The van der Waals surface area contributed by atoms with Crippen molar-refractivity contribution >= 4 is 11.9 Å². The molecule has 6 heteroatoms. The minimum absolute atomic E-state index is 0.160. The summed E-state index contributed by atoms with van der Waals surface area (Å²) < 4.78 is 0. The Kier molecular flexibility index (Phi) is 4.34. The van der Waals surface area contributed by atoms with Gasteiger partial charge >= 0.3 is 0 Å². The lowest BCUT2D eigenvalue weighted by atomic mass is 9.72. The summed E-state index contributed by atoms with van der Waals surface area (Å²) in [6, 6.07) is 2.21. The predicted octanol–water partition coefficient (Wildman–Crippen LogP) is 0.952. The number of rotatable bonds is 1. The highest BCUT2D eigenvalue weighted by Gasteiger charge is 2.48. The van der Waals surface area contributed by atoms with Crippen molar-refractivity contribution in [2.75, 3.05) is 32.7 Å². The number of nitrogens with one attached hydrogen (secondary N) is 1. The Morgan fingerprint density at radius 1 is 1.27 bits per heavy atom. The predicted molar refractivity (Wildman–Crippen MR) is 84.2 cm³/mol. The number of hydrogen-bond acceptors (Lipinski definition) is 5. The molecule has 1 spiro atoms. The highest BCUT2D eigenvalue weighted by Crippen LogP contribution is 2.39. The molecule has 3 aliphatic rings. The monoisotopic (exact) mass is 303 g/mol. The molecule has 22 heavy (non-hydrogen) atoms. The van der Waals surface area contributed by atoms with Crippen molar-refractivity contribution in [1.29, 1.82) is 5.26 Å². The normalized spacial score (nSPS) is 28.9. The molecule has 1 unspecified atom stereocenters. The standard InChI is InChI=1S/C16H25N5O/c1-2-20-8-10-21(11-9-20)15-18-14(22)13(12-17)16(19-15)6-4-3-5-7-16/h13H,2-11H2,1H3,(H,18,19,22). The zero-order chi connectivity index (χ0) is 15.6. The van der Waals surface area contributed by atoms with E-state index in [0.717, 1.165) is 58.4 Å². The molecule has 0 radical (unpaired) electrons. The Hall–Kier alpha value is -1.61. The maximum absolute atomic E-state index is 12.4. The number of carbonyl (C=O) groups excluding carboxylic acids is 1.